The molecule has 0 unspecified atom stereocenters. The summed E-state index contributed by atoms with van der Waals surface area (Å²) in [7, 11) is -3.03. The van der Waals surface area contributed by atoms with Crippen LogP contribution in [0.1, 0.15) is 39.5 Å². The number of halogens is 1. The van der Waals surface area contributed by atoms with Crippen molar-refractivity contribution in [1.82, 2.24) is 0 Å². The number of rotatable bonds is 7. The number of nitrogens with two attached hydrogens (primary N) is 1. The third-order valence-corrected chi connectivity index (χ3v) is 4.59. The molecule has 0 aromatic carbocycles. The van der Waals surface area contributed by atoms with E-state index in [0.29, 0.717) is 13.2 Å². The minimum Gasteiger partial charge on any atom is -0.325 e. The van der Waals surface area contributed by atoms with Gasteiger partial charge in [-0.1, -0.05) is 6.08 Å². The van der Waals surface area contributed by atoms with E-state index in [1.165, 1.54) is 6.42 Å². The van der Waals surface area contributed by atoms with Gasteiger partial charge < -0.3 is 14.8 Å². The van der Waals surface area contributed by atoms with E-state index in [1.54, 1.807) is 19.7 Å². The monoisotopic (exact) mass is 283 g/mol. The molecule has 1 fully saturated rings. The van der Waals surface area contributed by atoms with Gasteiger partial charge in [0, 0.05) is 11.4 Å². The predicted octanol–water partition coefficient (Wildman–Crippen LogP) is 3.46. The second-order valence-electron chi connectivity index (χ2n) is 4.18. The van der Waals surface area contributed by atoms with Crippen molar-refractivity contribution in [3.63, 3.8) is 0 Å². The summed E-state index contributed by atoms with van der Waals surface area (Å²) in [6, 6.07) is 0. The van der Waals surface area contributed by atoms with Gasteiger partial charge in [0.15, 0.2) is 0 Å². The molecule has 0 aliphatic heterocycles. The van der Waals surface area contributed by atoms with Crippen LogP contribution in [-0.2, 0) is 13.6 Å². The summed E-state index contributed by atoms with van der Waals surface area (Å²) in [4.78, 5) is 0. The molecule has 0 atom stereocenters. The zero-order valence-electron chi connectivity index (χ0n) is 10.6. The number of hydrogen-bond donors (Lipinski definition) is 1. The first kappa shape index (κ1) is 17.1. The Hall–Kier alpha value is 0.140. The predicted molar refractivity (Wildman–Crippen MR) is 72.6 cm³/mol. The van der Waals surface area contributed by atoms with Crippen molar-refractivity contribution in [3.05, 3.63) is 11.9 Å². The van der Waals surface area contributed by atoms with Gasteiger partial charge in [-0.3, -0.25) is 4.57 Å². The molecule has 2 N–H and O–H groups in total. The summed E-state index contributed by atoms with van der Waals surface area (Å²) in [5.41, 5.74) is 5.97. The Morgan fingerprint density at radius 3 is 2.18 bits per heavy atom. The summed E-state index contributed by atoms with van der Waals surface area (Å²) in [5.74, 6) is 1.55. The van der Waals surface area contributed by atoms with Crippen molar-refractivity contribution < 1.29 is 13.6 Å². The van der Waals surface area contributed by atoms with Gasteiger partial charge >= 0.3 is 7.60 Å². The topological polar surface area (TPSA) is 61.5 Å². The summed E-state index contributed by atoms with van der Waals surface area (Å²) in [5, 5.41) is 0. The molecular weight excluding hydrogens is 261 g/mol. The van der Waals surface area contributed by atoms with Gasteiger partial charge in [-0.05, 0) is 39.5 Å². The highest BCUT2D eigenvalue weighted by Gasteiger charge is 2.31. The average Bonchev–Trinajstić information content (AvgIpc) is 2.16. The van der Waals surface area contributed by atoms with E-state index in [4.69, 9.17) is 14.8 Å². The summed E-state index contributed by atoms with van der Waals surface area (Å²) < 4.78 is 22.3. The standard InChI is InChI=1S/C11H22NO3P.ClH/c1-3-14-16(13,15-4-2)10-6-9-11(12)7-5-8-11;/h6,10H,3-5,7-9,12H2,1-2H3;1H. The summed E-state index contributed by atoms with van der Waals surface area (Å²) in [6.45, 7) is 4.37. The van der Waals surface area contributed by atoms with Crippen molar-refractivity contribution >= 4 is 20.0 Å². The minimum atomic E-state index is -3.03. The smallest absolute Gasteiger partial charge is 0.325 e. The minimum absolute atomic E-state index is 0. The van der Waals surface area contributed by atoms with E-state index in [1.807, 2.05) is 6.08 Å². The van der Waals surface area contributed by atoms with Gasteiger partial charge in [0.05, 0.1) is 13.2 Å². The Morgan fingerprint density at radius 1 is 1.29 bits per heavy atom. The first-order valence-corrected chi connectivity index (χ1v) is 7.50. The Bertz CT molecular complexity index is 282. The Balaban J connectivity index is 0.00000256. The first-order valence-electron chi connectivity index (χ1n) is 5.89. The van der Waals surface area contributed by atoms with Crippen molar-refractivity contribution in [2.24, 2.45) is 5.73 Å². The highest BCUT2D eigenvalue weighted by molar-refractivity contribution is 7.57. The van der Waals surface area contributed by atoms with Crippen LogP contribution in [0.2, 0.25) is 0 Å². The first-order chi connectivity index (χ1) is 7.54. The molecule has 1 saturated carbocycles. The van der Waals surface area contributed by atoms with Gasteiger partial charge in [0.1, 0.15) is 0 Å². The lowest BCUT2D eigenvalue weighted by Crippen LogP contribution is -2.45. The lowest BCUT2D eigenvalue weighted by Gasteiger charge is -2.37. The van der Waals surface area contributed by atoms with E-state index < -0.39 is 7.60 Å². The Kier molecular flexibility index (Phi) is 7.61. The highest BCUT2D eigenvalue weighted by Crippen LogP contribution is 2.50. The van der Waals surface area contributed by atoms with E-state index in [0.717, 1.165) is 19.3 Å². The largest absolute Gasteiger partial charge is 0.353 e. The zero-order chi connectivity index (χ0) is 12.1. The molecule has 4 nitrogen and oxygen atoms in total. The van der Waals surface area contributed by atoms with Crippen LogP contribution in [0.15, 0.2) is 11.9 Å². The second-order valence-corrected chi connectivity index (χ2v) is 6.07. The highest BCUT2D eigenvalue weighted by atomic mass is 35.5. The lowest BCUT2D eigenvalue weighted by atomic mass is 9.75. The fourth-order valence-electron chi connectivity index (χ4n) is 1.73. The van der Waals surface area contributed by atoms with Gasteiger partial charge in [0.2, 0.25) is 0 Å². The van der Waals surface area contributed by atoms with E-state index in [2.05, 4.69) is 0 Å². The molecule has 0 radical (unpaired) electrons. The third kappa shape index (κ3) is 5.54. The molecule has 0 aromatic rings. The van der Waals surface area contributed by atoms with Crippen LogP contribution in [0.25, 0.3) is 0 Å². The third-order valence-electron chi connectivity index (χ3n) is 2.78. The maximum absolute atomic E-state index is 12.0. The van der Waals surface area contributed by atoms with Gasteiger partial charge in [-0.2, -0.15) is 0 Å². The Labute approximate surface area is 110 Å². The Morgan fingerprint density at radius 2 is 1.82 bits per heavy atom. The maximum atomic E-state index is 12.0. The molecule has 0 bridgehead atoms. The van der Waals surface area contributed by atoms with Crippen molar-refractivity contribution in [2.75, 3.05) is 13.2 Å². The fourth-order valence-corrected chi connectivity index (χ4v) is 3.06. The average molecular weight is 284 g/mol. The quantitative estimate of drug-likeness (QED) is 0.727. The van der Waals surface area contributed by atoms with Crippen molar-refractivity contribution in [2.45, 2.75) is 45.1 Å². The van der Waals surface area contributed by atoms with Crippen molar-refractivity contribution in [3.8, 4) is 0 Å². The van der Waals surface area contributed by atoms with Crippen LogP contribution < -0.4 is 5.73 Å². The molecule has 6 heteroatoms. The van der Waals surface area contributed by atoms with E-state index >= 15 is 0 Å². The van der Waals surface area contributed by atoms with Crippen molar-refractivity contribution in [1.29, 1.82) is 0 Å². The second kappa shape index (κ2) is 7.55. The summed E-state index contributed by atoms with van der Waals surface area (Å²) in [6.07, 6.45) is 5.87. The molecule has 0 heterocycles. The molecule has 0 amide bonds. The van der Waals surface area contributed by atoms with Crippen LogP contribution in [0.3, 0.4) is 0 Å². The SMILES string of the molecule is CCOP(=O)(C=CCC1(N)CCC1)OCC.Cl. The molecule has 0 spiro atoms. The zero-order valence-corrected chi connectivity index (χ0v) is 12.3. The molecule has 1 aliphatic rings. The normalized spacial score (nSPS) is 18.8. The van der Waals surface area contributed by atoms with Crippen LogP contribution >= 0.6 is 20.0 Å². The van der Waals surface area contributed by atoms with E-state index in [-0.39, 0.29) is 17.9 Å². The molecule has 0 saturated heterocycles. The van der Waals surface area contributed by atoms with Crippen LogP contribution in [-0.4, -0.2) is 18.8 Å². The maximum Gasteiger partial charge on any atom is 0.353 e. The van der Waals surface area contributed by atoms with E-state index in [9.17, 15) is 4.57 Å². The molecule has 102 valence electrons. The number of hydrogen-bond acceptors (Lipinski definition) is 4. The lowest BCUT2D eigenvalue weighted by molar-refractivity contribution is 0.228. The molecule has 1 aliphatic carbocycles. The summed E-state index contributed by atoms with van der Waals surface area (Å²) >= 11 is 0. The molecule has 0 aromatic heterocycles. The molecule has 17 heavy (non-hydrogen) atoms. The van der Waals surface area contributed by atoms with Crippen LogP contribution in [0.5, 0.6) is 0 Å². The van der Waals surface area contributed by atoms with Crippen LogP contribution in [0.4, 0.5) is 0 Å². The molecular formula is C11H23ClNO3P. The van der Waals surface area contributed by atoms with Gasteiger partial charge in [-0.15, -0.1) is 12.4 Å². The molecule has 1 rings (SSSR count). The van der Waals surface area contributed by atoms with Gasteiger partial charge in [0.25, 0.3) is 0 Å². The van der Waals surface area contributed by atoms with Gasteiger partial charge in [-0.25, -0.2) is 0 Å². The van der Waals surface area contributed by atoms with Crippen LogP contribution in [0, 0.1) is 0 Å². The fraction of sp³-hybridized carbons (Fsp3) is 0.818.